The number of halogens is 1. The quantitative estimate of drug-likeness (QED) is 0.329. The number of carbonyl (C=O) groups is 1. The summed E-state index contributed by atoms with van der Waals surface area (Å²) in [6, 6.07) is 13.4. The molecule has 4 rings (SSSR count). The van der Waals surface area contributed by atoms with Gasteiger partial charge in [-0.15, -0.1) is 0 Å². The molecule has 172 valence electrons. The number of nitrogens with one attached hydrogen (secondary N) is 1. The fraction of sp³-hybridized carbons (Fsp3) is 0.0455. The Bertz CT molecular complexity index is 1580. The first-order valence-corrected chi connectivity index (χ1v) is 11.2. The minimum absolute atomic E-state index is 0.0381. The third-order valence-electron chi connectivity index (χ3n) is 4.91. The zero-order valence-electron chi connectivity index (χ0n) is 17.2. The molecule has 3 aromatic carbocycles. The Balaban J connectivity index is 1.49. The number of nitro benzene ring substituents is 1. The number of benzene rings is 3. The predicted octanol–water partition coefficient (Wildman–Crippen LogP) is 2.92. The van der Waals surface area contributed by atoms with Crippen LogP contribution in [0.2, 0.25) is 0 Å². The highest BCUT2D eigenvalue weighted by molar-refractivity contribution is 7.91. The molecular weight excluding hydrogens is 467 g/mol. The average molecular weight is 482 g/mol. The van der Waals surface area contributed by atoms with Gasteiger partial charge in [0, 0.05) is 17.8 Å². The Labute approximate surface area is 191 Å². The van der Waals surface area contributed by atoms with Crippen molar-refractivity contribution in [2.75, 3.05) is 5.32 Å². The minimum Gasteiger partial charge on any atom is -0.325 e. The number of hydrogen-bond acceptors (Lipinski definition) is 7. The fourth-order valence-electron chi connectivity index (χ4n) is 3.20. The maximum Gasteiger partial charge on any atom is 0.269 e. The van der Waals surface area contributed by atoms with Crippen LogP contribution in [-0.4, -0.2) is 28.8 Å². The standard InChI is InChI=1S/C22H15FN4O6S/c23-14-1-10-20-19(11-14)22(29)26(13-24-20)12-21(28)25-15-2-6-17(7-3-15)34(32,33)18-8-4-16(5-9-18)27(30)31/h1-11,13H,12H2,(H,25,28). The summed E-state index contributed by atoms with van der Waals surface area (Å²) in [6.45, 7) is -0.388. The van der Waals surface area contributed by atoms with E-state index in [0.717, 1.165) is 34.9 Å². The van der Waals surface area contributed by atoms with E-state index in [2.05, 4.69) is 10.3 Å². The molecule has 0 saturated carbocycles. The predicted molar refractivity (Wildman–Crippen MR) is 120 cm³/mol. The summed E-state index contributed by atoms with van der Waals surface area (Å²) in [5, 5.41) is 13.3. The molecule has 0 radical (unpaired) electrons. The summed E-state index contributed by atoms with van der Waals surface area (Å²) in [7, 11) is -3.92. The molecule has 4 aromatic rings. The van der Waals surface area contributed by atoms with Gasteiger partial charge in [-0.2, -0.15) is 0 Å². The Hall–Kier alpha value is -4.45. The van der Waals surface area contributed by atoms with Crippen LogP contribution in [0, 0.1) is 15.9 Å². The highest BCUT2D eigenvalue weighted by atomic mass is 32.2. The Morgan fingerprint density at radius 1 is 1.03 bits per heavy atom. The van der Waals surface area contributed by atoms with Crippen LogP contribution in [0.1, 0.15) is 0 Å². The van der Waals surface area contributed by atoms with Crippen molar-refractivity contribution in [3.63, 3.8) is 0 Å². The first kappa shape index (κ1) is 22.7. The zero-order chi connectivity index (χ0) is 24.5. The largest absolute Gasteiger partial charge is 0.325 e. The number of amides is 1. The van der Waals surface area contributed by atoms with E-state index in [1.165, 1.54) is 42.7 Å². The summed E-state index contributed by atoms with van der Waals surface area (Å²) >= 11 is 0. The number of hydrogen-bond donors (Lipinski definition) is 1. The maximum absolute atomic E-state index is 13.4. The van der Waals surface area contributed by atoms with Gasteiger partial charge in [0.2, 0.25) is 15.7 Å². The van der Waals surface area contributed by atoms with Crippen molar-refractivity contribution in [3.8, 4) is 0 Å². The Kier molecular flexibility index (Phi) is 5.90. The molecule has 0 aliphatic rings. The summed E-state index contributed by atoms with van der Waals surface area (Å²) in [4.78, 5) is 38.8. The van der Waals surface area contributed by atoms with Gasteiger partial charge in [0.15, 0.2) is 0 Å². The summed E-state index contributed by atoms with van der Waals surface area (Å²) < 4.78 is 39.9. The van der Waals surface area contributed by atoms with Gasteiger partial charge in [-0.05, 0) is 54.6 Å². The smallest absolute Gasteiger partial charge is 0.269 e. The Morgan fingerprint density at radius 2 is 1.65 bits per heavy atom. The lowest BCUT2D eigenvalue weighted by Gasteiger charge is -2.09. The van der Waals surface area contributed by atoms with Crippen molar-refractivity contribution in [1.29, 1.82) is 0 Å². The van der Waals surface area contributed by atoms with Crippen LogP contribution >= 0.6 is 0 Å². The first-order chi connectivity index (χ1) is 16.1. The summed E-state index contributed by atoms with van der Waals surface area (Å²) in [6.07, 6.45) is 1.18. The normalized spacial score (nSPS) is 11.3. The molecule has 0 unspecified atom stereocenters. The monoisotopic (exact) mass is 482 g/mol. The van der Waals surface area contributed by atoms with Crippen molar-refractivity contribution in [1.82, 2.24) is 9.55 Å². The number of sulfone groups is 1. The van der Waals surface area contributed by atoms with Crippen molar-refractivity contribution in [2.45, 2.75) is 16.3 Å². The molecule has 0 aliphatic heterocycles. The number of rotatable bonds is 6. The lowest BCUT2D eigenvalue weighted by Crippen LogP contribution is -2.28. The third kappa shape index (κ3) is 4.52. The number of aromatic nitrogens is 2. The second-order valence-electron chi connectivity index (χ2n) is 7.17. The van der Waals surface area contributed by atoms with E-state index in [-0.39, 0.29) is 33.1 Å². The van der Waals surface area contributed by atoms with E-state index in [1.54, 1.807) is 0 Å². The number of nitrogens with zero attached hydrogens (tertiary/aromatic N) is 3. The lowest BCUT2D eigenvalue weighted by molar-refractivity contribution is -0.384. The SMILES string of the molecule is O=C(Cn1cnc2ccc(F)cc2c1=O)Nc1ccc(S(=O)(=O)c2ccc([N+](=O)[O-])cc2)cc1. The number of nitro groups is 1. The molecule has 1 aromatic heterocycles. The van der Waals surface area contributed by atoms with E-state index in [0.29, 0.717) is 5.52 Å². The average Bonchev–Trinajstić information content (AvgIpc) is 2.81. The van der Waals surface area contributed by atoms with Gasteiger partial charge in [0.05, 0.1) is 31.9 Å². The summed E-state index contributed by atoms with van der Waals surface area (Å²) in [5.74, 6) is -1.18. The zero-order valence-corrected chi connectivity index (χ0v) is 18.0. The van der Waals surface area contributed by atoms with Gasteiger partial charge >= 0.3 is 0 Å². The van der Waals surface area contributed by atoms with Crippen LogP contribution in [0.3, 0.4) is 0 Å². The van der Waals surface area contributed by atoms with Gasteiger partial charge in [0.25, 0.3) is 11.2 Å². The molecule has 1 heterocycles. The topological polar surface area (TPSA) is 141 Å². The molecule has 1 N–H and O–H groups in total. The van der Waals surface area contributed by atoms with Gasteiger partial charge < -0.3 is 5.32 Å². The number of anilines is 1. The summed E-state index contributed by atoms with van der Waals surface area (Å²) in [5.41, 5.74) is -0.236. The molecule has 0 fully saturated rings. The van der Waals surface area contributed by atoms with E-state index in [4.69, 9.17) is 0 Å². The van der Waals surface area contributed by atoms with Gasteiger partial charge in [-0.25, -0.2) is 17.8 Å². The molecule has 0 bridgehead atoms. The maximum atomic E-state index is 13.4. The highest BCUT2D eigenvalue weighted by Gasteiger charge is 2.19. The van der Waals surface area contributed by atoms with Gasteiger partial charge in [0.1, 0.15) is 12.4 Å². The third-order valence-corrected chi connectivity index (χ3v) is 6.69. The Morgan fingerprint density at radius 3 is 2.26 bits per heavy atom. The molecular formula is C22H15FN4O6S. The lowest BCUT2D eigenvalue weighted by atomic mass is 10.2. The second kappa shape index (κ2) is 8.83. The molecule has 12 heteroatoms. The molecule has 1 amide bonds. The molecule has 0 saturated heterocycles. The van der Waals surface area contributed by atoms with E-state index < -0.39 is 32.0 Å². The van der Waals surface area contributed by atoms with Crippen molar-refractivity contribution >= 4 is 38.0 Å². The van der Waals surface area contributed by atoms with Crippen LogP contribution in [0.15, 0.2) is 87.6 Å². The first-order valence-electron chi connectivity index (χ1n) is 9.69. The van der Waals surface area contributed by atoms with Gasteiger partial charge in [-0.1, -0.05) is 0 Å². The van der Waals surface area contributed by atoms with E-state index in [1.807, 2.05) is 0 Å². The van der Waals surface area contributed by atoms with Crippen molar-refractivity contribution in [2.24, 2.45) is 0 Å². The highest BCUT2D eigenvalue weighted by Crippen LogP contribution is 2.24. The molecule has 10 nitrogen and oxygen atoms in total. The van der Waals surface area contributed by atoms with Crippen LogP contribution < -0.4 is 10.9 Å². The van der Waals surface area contributed by atoms with E-state index >= 15 is 0 Å². The number of non-ortho nitro benzene ring substituents is 1. The minimum atomic E-state index is -3.92. The molecule has 0 spiro atoms. The van der Waals surface area contributed by atoms with Crippen LogP contribution in [0.5, 0.6) is 0 Å². The number of carbonyl (C=O) groups excluding carboxylic acids is 1. The molecule has 0 atom stereocenters. The van der Waals surface area contributed by atoms with Crippen LogP contribution in [0.4, 0.5) is 15.8 Å². The van der Waals surface area contributed by atoms with Crippen molar-refractivity contribution < 1.29 is 22.5 Å². The van der Waals surface area contributed by atoms with Crippen LogP contribution in [-0.2, 0) is 21.2 Å². The van der Waals surface area contributed by atoms with Gasteiger partial charge in [-0.3, -0.25) is 24.3 Å². The molecule has 0 aliphatic carbocycles. The second-order valence-corrected chi connectivity index (χ2v) is 9.12. The fourth-order valence-corrected chi connectivity index (χ4v) is 4.46. The van der Waals surface area contributed by atoms with Crippen LogP contribution in [0.25, 0.3) is 10.9 Å². The molecule has 34 heavy (non-hydrogen) atoms. The number of fused-ring (bicyclic) bond motifs is 1. The van der Waals surface area contributed by atoms with E-state index in [9.17, 15) is 32.5 Å². The van der Waals surface area contributed by atoms with Crippen molar-refractivity contribution in [3.05, 3.63) is 99.3 Å².